The van der Waals surface area contributed by atoms with Crippen LogP contribution in [0, 0.1) is 0 Å². The van der Waals surface area contributed by atoms with Gasteiger partial charge in [0.2, 0.25) is 0 Å². The van der Waals surface area contributed by atoms with Crippen LogP contribution in [0.1, 0.15) is 13.8 Å². The van der Waals surface area contributed by atoms with Crippen LogP contribution in [0.15, 0.2) is 0 Å². The maximum Gasteiger partial charge on any atom is 2.00 e. The van der Waals surface area contributed by atoms with Gasteiger partial charge in [-0.1, -0.05) is 0 Å². The average Bonchev–Trinajstić information content (AvgIpc) is 1.88. The van der Waals surface area contributed by atoms with Gasteiger partial charge in [0.15, 0.2) is 0 Å². The van der Waals surface area contributed by atoms with Gasteiger partial charge in [0, 0.05) is 0 Å². The van der Waals surface area contributed by atoms with E-state index in [2.05, 4.69) is 0 Å². The molecule has 0 saturated carbocycles. The average molecular weight is 321 g/mol. The predicted octanol–water partition coefficient (Wildman–Crippen LogP) is 0.898. The van der Waals surface area contributed by atoms with E-state index in [-0.39, 0.29) is 19.5 Å². The molecule has 76 valence electrons. The third-order valence-electron chi connectivity index (χ3n) is 0.530. The standard InChI is InChI=1S/2C2H5ClO2S.Zn/c2*1-2(3)6(4)5;/h2*2H,1H3,(H,4,5);/q;;+2/p-2. The van der Waals surface area contributed by atoms with Gasteiger partial charge < -0.3 is 9.11 Å². The number of hydrogen-bond donors (Lipinski definition) is 0. The van der Waals surface area contributed by atoms with Crippen molar-refractivity contribution < 1.29 is 37.0 Å². The first-order valence-electron chi connectivity index (χ1n) is 2.73. The maximum atomic E-state index is 9.57. The minimum absolute atomic E-state index is 0. The van der Waals surface area contributed by atoms with E-state index in [1.807, 2.05) is 0 Å². The number of halogens is 2. The molecular formula is C4H8Cl2O4S2Zn. The van der Waals surface area contributed by atoms with Crippen molar-refractivity contribution in [1.82, 2.24) is 0 Å². The Morgan fingerprint density at radius 2 is 1.08 bits per heavy atom. The number of rotatable bonds is 2. The molecule has 0 aliphatic carbocycles. The Morgan fingerprint density at radius 1 is 1.00 bits per heavy atom. The van der Waals surface area contributed by atoms with Crippen molar-refractivity contribution in [2.24, 2.45) is 0 Å². The van der Waals surface area contributed by atoms with Crippen molar-refractivity contribution >= 4 is 45.4 Å². The minimum atomic E-state index is -2.10. The van der Waals surface area contributed by atoms with Gasteiger partial charge in [-0.25, -0.2) is 0 Å². The Labute approximate surface area is 105 Å². The van der Waals surface area contributed by atoms with Crippen LogP contribution in [-0.2, 0) is 41.6 Å². The topological polar surface area (TPSA) is 80.3 Å². The Balaban J connectivity index is -0.000000143. The SMILES string of the molecule is CC(Cl)S(=O)[O-].CC(Cl)S(=O)[O-].[Zn+2]. The summed E-state index contributed by atoms with van der Waals surface area (Å²) >= 11 is 5.80. The van der Waals surface area contributed by atoms with E-state index in [1.165, 1.54) is 13.8 Å². The van der Waals surface area contributed by atoms with E-state index >= 15 is 0 Å². The maximum absolute atomic E-state index is 9.57. The van der Waals surface area contributed by atoms with Crippen molar-refractivity contribution in [1.29, 1.82) is 0 Å². The molecule has 0 aliphatic rings. The van der Waals surface area contributed by atoms with Crippen LogP contribution in [0.2, 0.25) is 0 Å². The molecule has 0 N–H and O–H groups in total. The summed E-state index contributed by atoms with van der Waals surface area (Å²) in [6.45, 7) is 2.79. The smallest absolute Gasteiger partial charge is 0.771 e. The molecule has 0 saturated heterocycles. The van der Waals surface area contributed by atoms with Crippen molar-refractivity contribution in [3.8, 4) is 0 Å². The predicted molar refractivity (Wildman–Crippen MR) is 48.5 cm³/mol. The van der Waals surface area contributed by atoms with Gasteiger partial charge in [-0.15, -0.1) is 23.2 Å². The summed E-state index contributed by atoms with van der Waals surface area (Å²) in [6.07, 6.45) is 0. The molecule has 0 aliphatic heterocycles. The van der Waals surface area contributed by atoms with Crippen LogP contribution in [0.5, 0.6) is 0 Å². The molecule has 0 rings (SSSR count). The summed E-state index contributed by atoms with van der Waals surface area (Å²) in [6, 6.07) is 0. The molecule has 0 radical (unpaired) electrons. The number of hydrogen-bond acceptors (Lipinski definition) is 4. The fourth-order valence-corrected chi connectivity index (χ4v) is 0. The Morgan fingerprint density at radius 3 is 1.08 bits per heavy atom. The first kappa shape index (κ1) is 19.9. The summed E-state index contributed by atoms with van der Waals surface area (Å²) in [5.41, 5.74) is 0. The molecule has 0 bridgehead atoms. The molecule has 9 heteroatoms. The van der Waals surface area contributed by atoms with Gasteiger partial charge in [0.1, 0.15) is 0 Å². The summed E-state index contributed by atoms with van der Waals surface area (Å²) in [4.78, 5) is 0. The molecule has 0 spiro atoms. The van der Waals surface area contributed by atoms with E-state index in [0.717, 1.165) is 0 Å². The molecule has 13 heavy (non-hydrogen) atoms. The zero-order valence-electron chi connectivity index (χ0n) is 7.07. The molecule has 4 nitrogen and oxygen atoms in total. The largest absolute Gasteiger partial charge is 2.00 e. The quantitative estimate of drug-likeness (QED) is 0.430. The molecule has 0 fully saturated rings. The van der Waals surface area contributed by atoms with E-state index < -0.39 is 31.6 Å². The summed E-state index contributed by atoms with van der Waals surface area (Å²) in [5, 5.41) is 0. The third-order valence-corrected chi connectivity index (χ3v) is 2.46. The van der Waals surface area contributed by atoms with Gasteiger partial charge in [0.05, 0.1) is 9.42 Å². The van der Waals surface area contributed by atoms with Crippen LogP contribution in [0.4, 0.5) is 0 Å². The monoisotopic (exact) mass is 318 g/mol. The van der Waals surface area contributed by atoms with Gasteiger partial charge in [0.25, 0.3) is 0 Å². The first-order valence-corrected chi connectivity index (χ1v) is 5.88. The number of alkyl halides is 2. The van der Waals surface area contributed by atoms with Gasteiger partial charge in [-0.3, -0.25) is 8.42 Å². The van der Waals surface area contributed by atoms with Crippen molar-refractivity contribution in [2.75, 3.05) is 0 Å². The van der Waals surface area contributed by atoms with Gasteiger partial charge >= 0.3 is 19.5 Å². The Bertz CT molecular complexity index is 148. The minimum Gasteiger partial charge on any atom is -0.771 e. The Hall–Kier alpha value is 1.42. The Kier molecular flexibility index (Phi) is 17.6. The van der Waals surface area contributed by atoms with Crippen LogP contribution < -0.4 is 0 Å². The van der Waals surface area contributed by atoms with Crippen LogP contribution in [-0.4, -0.2) is 26.9 Å². The van der Waals surface area contributed by atoms with Gasteiger partial charge in [-0.2, -0.15) is 0 Å². The molecule has 0 aromatic rings. The zero-order chi connectivity index (χ0) is 10.3. The molecular weight excluding hydrogens is 312 g/mol. The van der Waals surface area contributed by atoms with E-state index in [0.29, 0.717) is 0 Å². The second-order valence-corrected chi connectivity index (χ2v) is 5.89. The molecule has 4 atom stereocenters. The molecule has 0 heterocycles. The fourth-order valence-electron chi connectivity index (χ4n) is 0. The van der Waals surface area contributed by atoms with Gasteiger partial charge in [-0.05, 0) is 36.0 Å². The normalized spacial score (nSPS) is 18.3. The van der Waals surface area contributed by atoms with E-state index in [4.69, 9.17) is 23.2 Å². The molecule has 0 aromatic heterocycles. The second kappa shape index (κ2) is 11.5. The van der Waals surface area contributed by atoms with Crippen LogP contribution in [0.25, 0.3) is 0 Å². The summed E-state index contributed by atoms with van der Waals surface area (Å²) < 4.78 is 36.8. The molecule has 0 aromatic carbocycles. The fraction of sp³-hybridized carbons (Fsp3) is 1.00. The zero-order valence-corrected chi connectivity index (χ0v) is 13.2. The van der Waals surface area contributed by atoms with Crippen molar-refractivity contribution in [2.45, 2.75) is 23.3 Å². The van der Waals surface area contributed by atoms with Crippen molar-refractivity contribution in [3.63, 3.8) is 0 Å². The summed E-state index contributed by atoms with van der Waals surface area (Å²) in [7, 11) is 0. The molecule has 0 amide bonds. The first-order chi connectivity index (χ1) is 5.29. The third kappa shape index (κ3) is 19.7. The van der Waals surface area contributed by atoms with Crippen molar-refractivity contribution in [3.05, 3.63) is 0 Å². The van der Waals surface area contributed by atoms with E-state index in [1.54, 1.807) is 0 Å². The van der Waals surface area contributed by atoms with Crippen LogP contribution >= 0.6 is 23.2 Å². The second-order valence-electron chi connectivity index (χ2n) is 1.61. The van der Waals surface area contributed by atoms with Crippen LogP contribution in [0.3, 0.4) is 0 Å². The molecule has 4 unspecified atom stereocenters. The summed E-state index contributed by atoms with van der Waals surface area (Å²) in [5.74, 6) is 0. The van der Waals surface area contributed by atoms with E-state index in [9.17, 15) is 17.5 Å².